The van der Waals surface area contributed by atoms with Gasteiger partial charge in [-0.1, -0.05) is 6.92 Å². The lowest BCUT2D eigenvalue weighted by molar-refractivity contribution is -0.00286. The number of thiazole rings is 1. The molecule has 2 fully saturated rings. The molecule has 1 saturated heterocycles. The van der Waals surface area contributed by atoms with Gasteiger partial charge in [0.15, 0.2) is 0 Å². The zero-order chi connectivity index (χ0) is 13.5. The summed E-state index contributed by atoms with van der Waals surface area (Å²) in [5.74, 6) is 0.103. The molecular weight excluding hydrogens is 260 g/mol. The minimum Gasteiger partial charge on any atom is -0.381 e. The molecule has 1 aliphatic carbocycles. The zero-order valence-corrected chi connectivity index (χ0v) is 12.3. The maximum atomic E-state index is 12.5. The number of hydrogen-bond acceptors (Lipinski definition) is 4. The van der Waals surface area contributed by atoms with Gasteiger partial charge in [-0.2, -0.15) is 0 Å². The number of aromatic nitrogens is 1. The van der Waals surface area contributed by atoms with Crippen LogP contribution in [0.5, 0.6) is 0 Å². The molecule has 0 unspecified atom stereocenters. The molecule has 1 amide bonds. The number of rotatable bonds is 2. The van der Waals surface area contributed by atoms with E-state index >= 15 is 0 Å². The van der Waals surface area contributed by atoms with Crippen LogP contribution in [0, 0.1) is 5.41 Å². The number of fused-ring (bicyclic) bond motifs is 1. The Morgan fingerprint density at radius 1 is 1.58 bits per heavy atom. The third-order valence-electron chi connectivity index (χ3n) is 4.81. The molecule has 104 valence electrons. The molecule has 0 bridgehead atoms. The minimum atomic E-state index is 0.103. The summed E-state index contributed by atoms with van der Waals surface area (Å²) in [7, 11) is 1.79. The van der Waals surface area contributed by atoms with Crippen LogP contribution in [-0.2, 0) is 4.74 Å². The Kier molecular flexibility index (Phi) is 3.35. The fraction of sp³-hybridized carbons (Fsp3) is 0.714. The standard InChI is InChI=1S/C14H20N2O2S/c1-14-5-6-16(13(17)11-8-19-9-15-11)12(14)4-3-10(7-14)18-2/h8-10,12H,3-7H2,1-2H3/t10-,12-,14+/m1/s1. The molecule has 0 radical (unpaired) electrons. The lowest BCUT2D eigenvalue weighted by atomic mass is 9.71. The molecule has 4 nitrogen and oxygen atoms in total. The van der Waals surface area contributed by atoms with Gasteiger partial charge in [-0.3, -0.25) is 4.79 Å². The summed E-state index contributed by atoms with van der Waals surface area (Å²) < 4.78 is 5.52. The van der Waals surface area contributed by atoms with Gasteiger partial charge >= 0.3 is 0 Å². The van der Waals surface area contributed by atoms with Gasteiger partial charge in [0.1, 0.15) is 5.69 Å². The van der Waals surface area contributed by atoms with Gasteiger partial charge in [0, 0.05) is 25.1 Å². The number of carbonyl (C=O) groups is 1. The van der Waals surface area contributed by atoms with Gasteiger partial charge in [0.2, 0.25) is 0 Å². The van der Waals surface area contributed by atoms with Crippen molar-refractivity contribution in [1.29, 1.82) is 0 Å². The Morgan fingerprint density at radius 2 is 2.42 bits per heavy atom. The van der Waals surface area contributed by atoms with E-state index in [2.05, 4.69) is 11.9 Å². The Bertz CT molecular complexity index is 462. The molecule has 1 aromatic rings. The minimum absolute atomic E-state index is 0.103. The molecule has 2 heterocycles. The first-order valence-electron chi connectivity index (χ1n) is 6.86. The summed E-state index contributed by atoms with van der Waals surface area (Å²) >= 11 is 1.48. The van der Waals surface area contributed by atoms with Gasteiger partial charge in [-0.05, 0) is 31.1 Å². The van der Waals surface area contributed by atoms with Crippen LogP contribution in [0.1, 0.15) is 43.1 Å². The van der Waals surface area contributed by atoms with Crippen molar-refractivity contribution < 1.29 is 9.53 Å². The van der Waals surface area contributed by atoms with E-state index in [0.717, 1.165) is 32.2 Å². The van der Waals surface area contributed by atoms with Crippen molar-refractivity contribution in [3.05, 3.63) is 16.6 Å². The number of methoxy groups -OCH3 is 1. The summed E-state index contributed by atoms with van der Waals surface area (Å²) in [4.78, 5) is 18.7. The summed E-state index contributed by atoms with van der Waals surface area (Å²) in [6.07, 6.45) is 4.60. The number of hydrogen-bond donors (Lipinski definition) is 0. The van der Waals surface area contributed by atoms with E-state index in [0.29, 0.717) is 17.8 Å². The molecule has 3 atom stereocenters. The van der Waals surface area contributed by atoms with E-state index in [1.807, 2.05) is 10.3 Å². The van der Waals surface area contributed by atoms with Crippen LogP contribution in [-0.4, -0.2) is 41.6 Å². The van der Waals surface area contributed by atoms with Crippen molar-refractivity contribution in [2.75, 3.05) is 13.7 Å². The number of likely N-dealkylation sites (tertiary alicyclic amines) is 1. The molecule has 0 aromatic carbocycles. The molecule has 1 aromatic heterocycles. The van der Waals surface area contributed by atoms with E-state index in [-0.39, 0.29) is 11.3 Å². The van der Waals surface area contributed by atoms with Crippen molar-refractivity contribution >= 4 is 17.2 Å². The molecule has 1 aliphatic heterocycles. The summed E-state index contributed by atoms with van der Waals surface area (Å²) in [6, 6.07) is 0.355. The third-order valence-corrected chi connectivity index (χ3v) is 5.39. The molecule has 5 heteroatoms. The Balaban J connectivity index is 1.78. The second kappa shape index (κ2) is 4.87. The van der Waals surface area contributed by atoms with Crippen LogP contribution in [0.2, 0.25) is 0 Å². The average molecular weight is 280 g/mol. The highest BCUT2D eigenvalue weighted by Crippen LogP contribution is 2.47. The van der Waals surface area contributed by atoms with E-state index in [1.54, 1.807) is 12.6 Å². The van der Waals surface area contributed by atoms with E-state index in [4.69, 9.17) is 4.74 Å². The van der Waals surface area contributed by atoms with Crippen LogP contribution >= 0.6 is 11.3 Å². The number of amides is 1. The maximum Gasteiger partial charge on any atom is 0.273 e. The first kappa shape index (κ1) is 13.1. The normalized spacial score (nSPS) is 34.3. The molecular formula is C14H20N2O2S. The SMILES string of the molecule is CO[C@@H]1CC[C@H]2N(C(=O)c3cscn3)CC[C@@]2(C)C1. The van der Waals surface area contributed by atoms with Crippen molar-refractivity contribution in [3.63, 3.8) is 0 Å². The highest BCUT2D eigenvalue weighted by molar-refractivity contribution is 7.07. The summed E-state index contributed by atoms with van der Waals surface area (Å²) in [5.41, 5.74) is 2.54. The predicted molar refractivity (Wildman–Crippen MR) is 74.3 cm³/mol. The van der Waals surface area contributed by atoms with E-state index < -0.39 is 0 Å². The first-order valence-corrected chi connectivity index (χ1v) is 7.80. The van der Waals surface area contributed by atoms with Crippen LogP contribution in [0.4, 0.5) is 0 Å². The van der Waals surface area contributed by atoms with Crippen LogP contribution < -0.4 is 0 Å². The second-order valence-corrected chi connectivity index (χ2v) is 6.65. The highest BCUT2D eigenvalue weighted by Gasteiger charge is 2.49. The molecule has 1 saturated carbocycles. The molecule has 3 rings (SSSR count). The van der Waals surface area contributed by atoms with Crippen LogP contribution in [0.15, 0.2) is 10.9 Å². The largest absolute Gasteiger partial charge is 0.381 e. The fourth-order valence-corrected chi connectivity index (χ4v) is 4.22. The van der Waals surface area contributed by atoms with Crippen molar-refractivity contribution in [3.8, 4) is 0 Å². The van der Waals surface area contributed by atoms with Crippen molar-refractivity contribution in [2.45, 2.75) is 44.8 Å². The van der Waals surface area contributed by atoms with E-state index in [9.17, 15) is 4.79 Å². The fourth-order valence-electron chi connectivity index (χ4n) is 3.69. The van der Waals surface area contributed by atoms with Crippen LogP contribution in [0.25, 0.3) is 0 Å². The smallest absolute Gasteiger partial charge is 0.273 e. The molecule has 2 aliphatic rings. The Labute approximate surface area is 117 Å². The van der Waals surface area contributed by atoms with Crippen LogP contribution in [0.3, 0.4) is 0 Å². The lowest BCUT2D eigenvalue weighted by Crippen LogP contribution is -2.46. The van der Waals surface area contributed by atoms with Crippen molar-refractivity contribution in [1.82, 2.24) is 9.88 Å². The summed E-state index contributed by atoms with van der Waals surface area (Å²) in [6.45, 7) is 3.16. The van der Waals surface area contributed by atoms with Gasteiger partial charge in [0.25, 0.3) is 5.91 Å². The Hall–Kier alpha value is -0.940. The topological polar surface area (TPSA) is 42.4 Å². The highest BCUT2D eigenvalue weighted by atomic mass is 32.1. The number of ether oxygens (including phenoxy) is 1. The van der Waals surface area contributed by atoms with Crippen molar-refractivity contribution in [2.24, 2.45) is 5.41 Å². The van der Waals surface area contributed by atoms with Gasteiger partial charge in [-0.25, -0.2) is 4.98 Å². The lowest BCUT2D eigenvalue weighted by Gasteiger charge is -2.42. The molecule has 0 spiro atoms. The van der Waals surface area contributed by atoms with Gasteiger partial charge in [0.05, 0.1) is 11.6 Å². The van der Waals surface area contributed by atoms with Gasteiger partial charge in [-0.15, -0.1) is 11.3 Å². The van der Waals surface area contributed by atoms with Gasteiger partial charge < -0.3 is 9.64 Å². The second-order valence-electron chi connectivity index (χ2n) is 5.93. The zero-order valence-electron chi connectivity index (χ0n) is 11.5. The summed E-state index contributed by atoms with van der Waals surface area (Å²) in [5, 5.41) is 1.85. The quantitative estimate of drug-likeness (QED) is 0.836. The maximum absolute atomic E-state index is 12.5. The monoisotopic (exact) mass is 280 g/mol. The third kappa shape index (κ3) is 2.19. The van der Waals surface area contributed by atoms with E-state index in [1.165, 1.54) is 11.3 Å². The predicted octanol–water partition coefficient (Wildman–Crippen LogP) is 2.56. The average Bonchev–Trinajstić information content (AvgIpc) is 3.04. The molecule has 19 heavy (non-hydrogen) atoms. The first-order chi connectivity index (χ1) is 9.14. The number of carbonyl (C=O) groups excluding carboxylic acids is 1. The Morgan fingerprint density at radius 3 is 3.11 bits per heavy atom. The molecule has 0 N–H and O–H groups in total. The number of nitrogens with zero attached hydrogens (tertiary/aromatic N) is 2.